The maximum atomic E-state index is 12.1. The van der Waals surface area contributed by atoms with Gasteiger partial charge < -0.3 is 20.6 Å². The number of carboxylic acids is 1. The second-order valence-electron chi connectivity index (χ2n) is 5.95. The third kappa shape index (κ3) is 4.09. The lowest BCUT2D eigenvalue weighted by Gasteiger charge is -2.24. The second-order valence-corrected chi connectivity index (χ2v) is 5.95. The molecule has 1 aliphatic heterocycles. The first-order valence-electron chi connectivity index (χ1n) is 7.31. The van der Waals surface area contributed by atoms with Gasteiger partial charge in [0.25, 0.3) is 0 Å². The summed E-state index contributed by atoms with van der Waals surface area (Å²) in [5, 5.41) is 14.6. The minimum Gasteiger partial charge on any atom is -0.481 e. The number of aliphatic carboxylic acids is 1. The monoisotopic (exact) mass is 299 g/mol. The van der Waals surface area contributed by atoms with Gasteiger partial charge in [-0.05, 0) is 33.6 Å². The highest BCUT2D eigenvalue weighted by Crippen LogP contribution is 2.34. The van der Waals surface area contributed by atoms with Crippen LogP contribution in [-0.2, 0) is 9.59 Å². The molecule has 120 valence electrons. The van der Waals surface area contributed by atoms with E-state index < -0.39 is 23.5 Å². The number of carbonyl (C=O) groups excluding carboxylic acids is 2. The topological polar surface area (TPSA) is 98.7 Å². The zero-order chi connectivity index (χ0) is 16.2. The maximum Gasteiger partial charge on any atom is 0.318 e. The van der Waals surface area contributed by atoms with Crippen LogP contribution in [0.3, 0.4) is 0 Å². The molecule has 2 unspecified atom stereocenters. The van der Waals surface area contributed by atoms with E-state index in [-0.39, 0.29) is 18.5 Å². The molecular formula is C14H25N3O4. The molecule has 7 heteroatoms. The average molecular weight is 299 g/mol. The van der Waals surface area contributed by atoms with Crippen molar-refractivity contribution in [1.82, 2.24) is 15.5 Å². The van der Waals surface area contributed by atoms with Crippen molar-refractivity contribution in [3.63, 3.8) is 0 Å². The van der Waals surface area contributed by atoms with Crippen molar-refractivity contribution in [3.05, 3.63) is 0 Å². The van der Waals surface area contributed by atoms with E-state index in [2.05, 4.69) is 10.6 Å². The van der Waals surface area contributed by atoms with Gasteiger partial charge in [-0.25, -0.2) is 4.79 Å². The lowest BCUT2D eigenvalue weighted by atomic mass is 9.84. The first kappa shape index (κ1) is 17.3. The third-order valence-corrected chi connectivity index (χ3v) is 3.94. The fourth-order valence-electron chi connectivity index (χ4n) is 2.41. The van der Waals surface area contributed by atoms with Crippen molar-refractivity contribution in [1.29, 1.82) is 0 Å². The SMILES string of the molecule is CCC1(C(=O)O)CCN(C(=O)NC(C)C(=O)NC(C)C)C1. The predicted octanol–water partition coefficient (Wildman–Crippen LogP) is 0.796. The minimum atomic E-state index is -0.870. The molecule has 1 fully saturated rings. The van der Waals surface area contributed by atoms with Crippen LogP contribution in [0.15, 0.2) is 0 Å². The normalized spacial score (nSPS) is 23.0. The Hall–Kier alpha value is -1.79. The Morgan fingerprint density at radius 2 is 1.86 bits per heavy atom. The third-order valence-electron chi connectivity index (χ3n) is 3.94. The first-order valence-corrected chi connectivity index (χ1v) is 7.31. The zero-order valence-electron chi connectivity index (χ0n) is 13.1. The highest BCUT2D eigenvalue weighted by atomic mass is 16.4. The van der Waals surface area contributed by atoms with E-state index in [0.717, 1.165) is 0 Å². The van der Waals surface area contributed by atoms with Crippen LogP contribution < -0.4 is 10.6 Å². The van der Waals surface area contributed by atoms with Crippen molar-refractivity contribution in [3.8, 4) is 0 Å². The maximum absolute atomic E-state index is 12.1. The van der Waals surface area contributed by atoms with E-state index in [4.69, 9.17) is 0 Å². The van der Waals surface area contributed by atoms with Crippen LogP contribution >= 0.6 is 0 Å². The zero-order valence-corrected chi connectivity index (χ0v) is 13.1. The summed E-state index contributed by atoms with van der Waals surface area (Å²) in [4.78, 5) is 36.7. The first-order chi connectivity index (χ1) is 9.71. The summed E-state index contributed by atoms with van der Waals surface area (Å²) < 4.78 is 0. The number of nitrogens with one attached hydrogen (secondary N) is 2. The van der Waals surface area contributed by atoms with Gasteiger partial charge in [0.1, 0.15) is 6.04 Å². The summed E-state index contributed by atoms with van der Waals surface area (Å²) >= 11 is 0. The Kier molecular flexibility index (Phi) is 5.57. The van der Waals surface area contributed by atoms with Crippen molar-refractivity contribution in [2.45, 2.75) is 52.6 Å². The summed E-state index contributed by atoms with van der Waals surface area (Å²) in [7, 11) is 0. The Morgan fingerprint density at radius 3 is 2.29 bits per heavy atom. The molecule has 1 aliphatic rings. The molecule has 1 rings (SSSR count). The molecule has 0 aromatic rings. The van der Waals surface area contributed by atoms with Crippen LogP contribution in [-0.4, -0.2) is 53.1 Å². The number of nitrogens with zero attached hydrogens (tertiary/aromatic N) is 1. The molecule has 0 aromatic carbocycles. The molecule has 0 saturated carbocycles. The van der Waals surface area contributed by atoms with Crippen molar-refractivity contribution in [2.75, 3.05) is 13.1 Å². The fraction of sp³-hybridized carbons (Fsp3) is 0.786. The van der Waals surface area contributed by atoms with E-state index in [1.807, 2.05) is 20.8 Å². The standard InChI is InChI=1S/C14H25N3O4/c1-5-14(12(19)20)6-7-17(8-14)13(21)16-10(4)11(18)15-9(2)3/h9-10H,5-8H2,1-4H3,(H,15,18)(H,16,21)(H,19,20). The van der Waals surface area contributed by atoms with Gasteiger partial charge >= 0.3 is 12.0 Å². The molecule has 1 heterocycles. The molecule has 0 aliphatic carbocycles. The van der Waals surface area contributed by atoms with Crippen LogP contribution in [0.2, 0.25) is 0 Å². The predicted molar refractivity (Wildman–Crippen MR) is 77.8 cm³/mol. The second kappa shape index (κ2) is 6.78. The number of carboxylic acid groups (broad SMARTS) is 1. The van der Waals surface area contributed by atoms with E-state index in [1.54, 1.807) is 6.92 Å². The van der Waals surface area contributed by atoms with Crippen molar-refractivity contribution < 1.29 is 19.5 Å². The number of carbonyl (C=O) groups is 3. The van der Waals surface area contributed by atoms with E-state index in [1.165, 1.54) is 4.90 Å². The molecule has 3 amide bonds. The van der Waals surface area contributed by atoms with Crippen LogP contribution in [0.4, 0.5) is 4.79 Å². The van der Waals surface area contributed by atoms with Gasteiger partial charge in [0, 0.05) is 19.1 Å². The number of hydrogen-bond donors (Lipinski definition) is 3. The van der Waals surface area contributed by atoms with Crippen molar-refractivity contribution >= 4 is 17.9 Å². The molecule has 3 N–H and O–H groups in total. The van der Waals surface area contributed by atoms with Crippen LogP contribution in [0.1, 0.15) is 40.5 Å². The van der Waals surface area contributed by atoms with Crippen LogP contribution in [0.25, 0.3) is 0 Å². The summed E-state index contributed by atoms with van der Waals surface area (Å²) in [6.45, 7) is 7.68. The Balaban J connectivity index is 2.58. The number of amides is 3. The largest absolute Gasteiger partial charge is 0.481 e. The molecule has 0 radical (unpaired) electrons. The van der Waals surface area contributed by atoms with E-state index in [0.29, 0.717) is 19.4 Å². The van der Waals surface area contributed by atoms with Gasteiger partial charge in [0.15, 0.2) is 0 Å². The highest BCUT2D eigenvalue weighted by Gasteiger charge is 2.45. The molecule has 0 aromatic heterocycles. The lowest BCUT2D eigenvalue weighted by molar-refractivity contribution is -0.148. The van der Waals surface area contributed by atoms with Crippen LogP contribution in [0.5, 0.6) is 0 Å². The van der Waals surface area contributed by atoms with Gasteiger partial charge in [-0.1, -0.05) is 6.92 Å². The summed E-state index contributed by atoms with van der Waals surface area (Å²) in [6.07, 6.45) is 0.925. The average Bonchev–Trinajstić information content (AvgIpc) is 2.83. The molecule has 7 nitrogen and oxygen atoms in total. The van der Waals surface area contributed by atoms with Gasteiger partial charge in [0.05, 0.1) is 5.41 Å². The Morgan fingerprint density at radius 1 is 1.24 bits per heavy atom. The molecule has 0 spiro atoms. The molecule has 2 atom stereocenters. The fourth-order valence-corrected chi connectivity index (χ4v) is 2.41. The molecule has 21 heavy (non-hydrogen) atoms. The summed E-state index contributed by atoms with van der Waals surface area (Å²) in [5.41, 5.74) is -0.860. The number of hydrogen-bond acceptors (Lipinski definition) is 3. The quantitative estimate of drug-likeness (QED) is 0.699. The smallest absolute Gasteiger partial charge is 0.318 e. The minimum absolute atomic E-state index is 0.00314. The van der Waals surface area contributed by atoms with Gasteiger partial charge in [-0.2, -0.15) is 0 Å². The number of rotatable bonds is 5. The van der Waals surface area contributed by atoms with E-state index in [9.17, 15) is 19.5 Å². The van der Waals surface area contributed by atoms with E-state index >= 15 is 0 Å². The summed E-state index contributed by atoms with van der Waals surface area (Å²) in [6, 6.07) is -1.04. The number of likely N-dealkylation sites (tertiary alicyclic amines) is 1. The molecular weight excluding hydrogens is 274 g/mol. The van der Waals surface area contributed by atoms with Gasteiger partial charge in [-0.3, -0.25) is 9.59 Å². The van der Waals surface area contributed by atoms with Gasteiger partial charge in [-0.15, -0.1) is 0 Å². The Bertz CT molecular complexity index is 424. The molecule has 1 saturated heterocycles. The Labute approximate surface area is 125 Å². The summed E-state index contributed by atoms with van der Waals surface area (Å²) in [5.74, 6) is -1.12. The van der Waals surface area contributed by atoms with Crippen molar-refractivity contribution in [2.24, 2.45) is 5.41 Å². The lowest BCUT2D eigenvalue weighted by Crippen LogP contribution is -2.51. The molecule has 0 bridgehead atoms. The highest BCUT2D eigenvalue weighted by molar-refractivity contribution is 5.87. The van der Waals surface area contributed by atoms with Gasteiger partial charge in [0.2, 0.25) is 5.91 Å². The number of urea groups is 1. The van der Waals surface area contributed by atoms with Crippen LogP contribution in [0, 0.1) is 5.41 Å².